The summed E-state index contributed by atoms with van der Waals surface area (Å²) in [5.74, 6) is 2.29. The molecule has 0 bridgehead atoms. The summed E-state index contributed by atoms with van der Waals surface area (Å²) in [4.78, 5) is 0. The van der Waals surface area contributed by atoms with Crippen molar-refractivity contribution in [3.05, 3.63) is 29.6 Å². The highest BCUT2D eigenvalue weighted by molar-refractivity contribution is 5.32. The Morgan fingerprint density at radius 1 is 1.60 bits per heavy atom. The van der Waals surface area contributed by atoms with Gasteiger partial charge >= 0.3 is 0 Å². The SMILES string of the molecule is C#CC(CC)NCc1cc(F)ccc1O. The Kier molecular flexibility index (Phi) is 4.14. The molecule has 2 N–H and O–H groups in total. The van der Waals surface area contributed by atoms with Crippen LogP contribution < -0.4 is 5.32 Å². The van der Waals surface area contributed by atoms with Gasteiger partial charge in [0.2, 0.25) is 0 Å². The standard InChI is InChI=1S/C12H14FNO/c1-3-11(4-2)14-8-9-7-10(13)5-6-12(9)15/h1,5-7,11,14-15H,4,8H2,2H3. The van der Waals surface area contributed by atoms with Crippen LogP contribution in [-0.2, 0) is 6.54 Å². The zero-order valence-corrected chi connectivity index (χ0v) is 8.63. The third-order valence-electron chi connectivity index (χ3n) is 2.19. The predicted molar refractivity (Wildman–Crippen MR) is 57.8 cm³/mol. The van der Waals surface area contributed by atoms with Gasteiger partial charge in [0.25, 0.3) is 0 Å². The van der Waals surface area contributed by atoms with Gasteiger partial charge in [-0.05, 0) is 24.6 Å². The summed E-state index contributed by atoms with van der Waals surface area (Å²) in [5.41, 5.74) is 0.517. The Morgan fingerprint density at radius 2 is 2.33 bits per heavy atom. The van der Waals surface area contributed by atoms with Gasteiger partial charge in [-0.15, -0.1) is 6.42 Å². The van der Waals surface area contributed by atoms with E-state index in [0.29, 0.717) is 12.1 Å². The topological polar surface area (TPSA) is 32.3 Å². The molecule has 1 aromatic rings. The fourth-order valence-electron chi connectivity index (χ4n) is 1.25. The Labute approximate surface area is 89.1 Å². The van der Waals surface area contributed by atoms with Gasteiger partial charge in [-0.3, -0.25) is 5.32 Å². The zero-order valence-electron chi connectivity index (χ0n) is 8.63. The van der Waals surface area contributed by atoms with Crippen LogP contribution in [0.15, 0.2) is 18.2 Å². The first-order valence-electron chi connectivity index (χ1n) is 4.84. The number of rotatable bonds is 4. The molecule has 1 unspecified atom stereocenters. The maximum Gasteiger partial charge on any atom is 0.123 e. The molecule has 1 aromatic carbocycles. The molecule has 0 aliphatic heterocycles. The first kappa shape index (κ1) is 11.5. The normalized spacial score (nSPS) is 12.1. The second-order valence-corrected chi connectivity index (χ2v) is 3.28. The molecular formula is C12H14FNO. The number of aromatic hydroxyl groups is 1. The third-order valence-corrected chi connectivity index (χ3v) is 2.19. The lowest BCUT2D eigenvalue weighted by Crippen LogP contribution is -2.26. The van der Waals surface area contributed by atoms with Gasteiger partial charge in [0.15, 0.2) is 0 Å². The van der Waals surface area contributed by atoms with E-state index >= 15 is 0 Å². The van der Waals surface area contributed by atoms with Crippen molar-refractivity contribution in [2.75, 3.05) is 0 Å². The second-order valence-electron chi connectivity index (χ2n) is 3.28. The van der Waals surface area contributed by atoms with Gasteiger partial charge in [0.05, 0.1) is 6.04 Å². The van der Waals surface area contributed by atoms with Crippen molar-refractivity contribution in [1.82, 2.24) is 5.32 Å². The molecule has 0 saturated carbocycles. The summed E-state index contributed by atoms with van der Waals surface area (Å²) in [6, 6.07) is 3.80. The molecule has 0 fully saturated rings. The van der Waals surface area contributed by atoms with E-state index in [1.165, 1.54) is 18.2 Å². The van der Waals surface area contributed by atoms with E-state index in [1.807, 2.05) is 6.92 Å². The van der Waals surface area contributed by atoms with E-state index in [9.17, 15) is 9.50 Å². The van der Waals surface area contributed by atoms with E-state index in [4.69, 9.17) is 6.42 Å². The molecule has 0 aromatic heterocycles. The maximum absolute atomic E-state index is 12.9. The molecule has 1 rings (SSSR count). The van der Waals surface area contributed by atoms with Crippen LogP contribution in [0, 0.1) is 18.2 Å². The quantitative estimate of drug-likeness (QED) is 0.740. The number of hydrogen-bond acceptors (Lipinski definition) is 2. The molecular weight excluding hydrogens is 193 g/mol. The average Bonchev–Trinajstić information content (AvgIpc) is 2.24. The maximum atomic E-state index is 12.9. The molecule has 0 saturated heterocycles. The van der Waals surface area contributed by atoms with Crippen molar-refractivity contribution in [2.24, 2.45) is 0 Å². The largest absolute Gasteiger partial charge is 0.508 e. The van der Waals surface area contributed by atoms with Crippen molar-refractivity contribution in [2.45, 2.75) is 25.9 Å². The summed E-state index contributed by atoms with van der Waals surface area (Å²) in [7, 11) is 0. The number of nitrogens with one attached hydrogen (secondary N) is 1. The molecule has 0 aliphatic carbocycles. The molecule has 0 spiro atoms. The predicted octanol–water partition coefficient (Wildman–Crippen LogP) is 2.03. The van der Waals surface area contributed by atoms with Crippen LogP contribution in [0.4, 0.5) is 4.39 Å². The van der Waals surface area contributed by atoms with Crippen molar-refractivity contribution in [3.8, 4) is 18.1 Å². The van der Waals surface area contributed by atoms with E-state index in [0.717, 1.165) is 6.42 Å². The molecule has 80 valence electrons. The molecule has 0 amide bonds. The molecule has 2 nitrogen and oxygen atoms in total. The first-order valence-corrected chi connectivity index (χ1v) is 4.84. The summed E-state index contributed by atoms with van der Waals surface area (Å²) in [6.07, 6.45) is 6.06. The van der Waals surface area contributed by atoms with Crippen LogP contribution in [0.3, 0.4) is 0 Å². The number of phenolic OH excluding ortho intramolecular Hbond substituents is 1. The van der Waals surface area contributed by atoms with Crippen LogP contribution in [-0.4, -0.2) is 11.1 Å². The van der Waals surface area contributed by atoms with Gasteiger partial charge in [-0.2, -0.15) is 0 Å². The first-order chi connectivity index (χ1) is 7.17. The molecule has 0 aliphatic rings. The van der Waals surface area contributed by atoms with E-state index < -0.39 is 0 Å². The molecule has 1 atom stereocenters. The number of terminal acetylenes is 1. The summed E-state index contributed by atoms with van der Waals surface area (Å²) < 4.78 is 12.9. The second kappa shape index (κ2) is 5.38. The van der Waals surface area contributed by atoms with Crippen LogP contribution in [0.1, 0.15) is 18.9 Å². The fraction of sp³-hybridized carbons (Fsp3) is 0.333. The fourth-order valence-corrected chi connectivity index (χ4v) is 1.25. The highest BCUT2D eigenvalue weighted by Gasteiger charge is 2.05. The third kappa shape index (κ3) is 3.26. The summed E-state index contributed by atoms with van der Waals surface area (Å²) >= 11 is 0. The number of hydrogen-bond donors (Lipinski definition) is 2. The molecule has 0 radical (unpaired) electrons. The zero-order chi connectivity index (χ0) is 11.3. The lowest BCUT2D eigenvalue weighted by Gasteiger charge is -2.11. The minimum Gasteiger partial charge on any atom is -0.508 e. The highest BCUT2D eigenvalue weighted by atomic mass is 19.1. The van der Waals surface area contributed by atoms with Crippen molar-refractivity contribution in [3.63, 3.8) is 0 Å². The van der Waals surface area contributed by atoms with Crippen molar-refractivity contribution < 1.29 is 9.50 Å². The smallest absolute Gasteiger partial charge is 0.123 e. The average molecular weight is 207 g/mol. The Bertz CT molecular complexity index is 370. The van der Waals surface area contributed by atoms with E-state index in [-0.39, 0.29) is 17.6 Å². The van der Waals surface area contributed by atoms with Crippen LogP contribution in [0.2, 0.25) is 0 Å². The monoisotopic (exact) mass is 207 g/mol. The van der Waals surface area contributed by atoms with Gasteiger partial charge in [-0.25, -0.2) is 4.39 Å². The summed E-state index contributed by atoms with van der Waals surface area (Å²) in [6.45, 7) is 2.33. The van der Waals surface area contributed by atoms with Gasteiger partial charge in [0, 0.05) is 12.1 Å². The Hall–Kier alpha value is -1.53. The minimum absolute atomic E-state index is 0.0485. The highest BCUT2D eigenvalue weighted by Crippen LogP contribution is 2.17. The van der Waals surface area contributed by atoms with Crippen LogP contribution in [0.5, 0.6) is 5.75 Å². The van der Waals surface area contributed by atoms with Crippen LogP contribution in [0.25, 0.3) is 0 Å². The summed E-state index contributed by atoms with van der Waals surface area (Å²) in [5, 5.41) is 12.5. The number of halogens is 1. The van der Waals surface area contributed by atoms with Gasteiger partial charge in [0.1, 0.15) is 11.6 Å². The van der Waals surface area contributed by atoms with Crippen LogP contribution >= 0.6 is 0 Å². The Morgan fingerprint density at radius 3 is 2.93 bits per heavy atom. The number of benzene rings is 1. The van der Waals surface area contributed by atoms with Gasteiger partial charge in [-0.1, -0.05) is 12.8 Å². The van der Waals surface area contributed by atoms with Crippen molar-refractivity contribution >= 4 is 0 Å². The minimum atomic E-state index is -0.363. The molecule has 0 heterocycles. The van der Waals surface area contributed by atoms with E-state index in [2.05, 4.69) is 11.2 Å². The van der Waals surface area contributed by atoms with Crippen molar-refractivity contribution in [1.29, 1.82) is 0 Å². The van der Waals surface area contributed by atoms with Gasteiger partial charge < -0.3 is 5.11 Å². The Balaban J connectivity index is 2.65. The number of phenols is 1. The lowest BCUT2D eigenvalue weighted by atomic mass is 10.1. The lowest BCUT2D eigenvalue weighted by molar-refractivity contribution is 0.459. The molecule has 15 heavy (non-hydrogen) atoms. The van der Waals surface area contributed by atoms with E-state index in [1.54, 1.807) is 0 Å². The molecule has 3 heteroatoms.